The summed E-state index contributed by atoms with van der Waals surface area (Å²) in [5.74, 6) is -1.36. The molecule has 0 aliphatic carbocycles. The molecule has 1 atom stereocenters. The number of phenols is 1. The fourth-order valence-corrected chi connectivity index (χ4v) is 1.55. The highest BCUT2D eigenvalue weighted by Gasteiger charge is 2.13. The van der Waals surface area contributed by atoms with Gasteiger partial charge in [-0.25, -0.2) is 4.79 Å². The van der Waals surface area contributed by atoms with Crippen molar-refractivity contribution in [1.29, 1.82) is 0 Å². The monoisotopic (exact) mass is 223 g/mol. The second-order valence-electron chi connectivity index (χ2n) is 3.83. The average molecular weight is 223 g/mol. The van der Waals surface area contributed by atoms with E-state index in [0.29, 0.717) is 0 Å². The van der Waals surface area contributed by atoms with E-state index in [1.807, 2.05) is 0 Å². The number of unbranched alkanes of at least 4 members (excludes halogenated alkanes) is 1. The highest BCUT2D eigenvalue weighted by molar-refractivity contribution is 5.90. The number of carboxylic acid groups (broad SMARTS) is 1. The van der Waals surface area contributed by atoms with Gasteiger partial charge in [-0.05, 0) is 24.1 Å². The van der Waals surface area contributed by atoms with Crippen LogP contribution in [0.1, 0.15) is 48.1 Å². The fourth-order valence-electron chi connectivity index (χ4n) is 1.55. The molecule has 4 N–H and O–H groups in total. The minimum Gasteiger partial charge on any atom is -0.507 e. The Balaban J connectivity index is 2.89. The van der Waals surface area contributed by atoms with E-state index in [-0.39, 0.29) is 17.4 Å². The number of benzene rings is 1. The van der Waals surface area contributed by atoms with E-state index in [1.165, 1.54) is 12.1 Å². The smallest absolute Gasteiger partial charge is 0.339 e. The van der Waals surface area contributed by atoms with Crippen LogP contribution in [0, 0.1) is 0 Å². The van der Waals surface area contributed by atoms with Crippen LogP contribution in [0.2, 0.25) is 0 Å². The normalized spacial score (nSPS) is 12.4. The predicted molar refractivity (Wildman–Crippen MR) is 61.5 cm³/mol. The van der Waals surface area contributed by atoms with Gasteiger partial charge in [0.2, 0.25) is 0 Å². The maximum Gasteiger partial charge on any atom is 0.339 e. The number of carboxylic acids is 1. The lowest BCUT2D eigenvalue weighted by atomic mass is 9.99. The van der Waals surface area contributed by atoms with E-state index in [2.05, 4.69) is 6.92 Å². The van der Waals surface area contributed by atoms with Crippen molar-refractivity contribution in [3.05, 3.63) is 29.3 Å². The zero-order valence-corrected chi connectivity index (χ0v) is 9.31. The van der Waals surface area contributed by atoms with E-state index in [0.717, 1.165) is 24.8 Å². The molecule has 4 heteroatoms. The van der Waals surface area contributed by atoms with Crippen molar-refractivity contribution < 1.29 is 15.0 Å². The number of hydrogen-bond donors (Lipinski definition) is 3. The summed E-state index contributed by atoms with van der Waals surface area (Å²) in [5, 5.41) is 18.2. The Morgan fingerprint density at radius 2 is 2.19 bits per heavy atom. The van der Waals surface area contributed by atoms with Crippen LogP contribution in [-0.2, 0) is 0 Å². The first-order valence-corrected chi connectivity index (χ1v) is 5.38. The van der Waals surface area contributed by atoms with Gasteiger partial charge >= 0.3 is 5.97 Å². The highest BCUT2D eigenvalue weighted by Crippen LogP contribution is 2.23. The molecule has 0 aliphatic heterocycles. The molecule has 0 amide bonds. The minimum absolute atomic E-state index is 0.0931. The van der Waals surface area contributed by atoms with Crippen molar-refractivity contribution in [2.75, 3.05) is 0 Å². The van der Waals surface area contributed by atoms with Gasteiger partial charge in [-0.3, -0.25) is 0 Å². The number of nitrogens with two attached hydrogens (primary N) is 1. The summed E-state index contributed by atoms with van der Waals surface area (Å²) in [4.78, 5) is 10.8. The third-order valence-corrected chi connectivity index (χ3v) is 2.55. The molecule has 0 saturated heterocycles. The van der Waals surface area contributed by atoms with Crippen molar-refractivity contribution in [3.63, 3.8) is 0 Å². The van der Waals surface area contributed by atoms with Crippen LogP contribution in [0.5, 0.6) is 5.75 Å². The topological polar surface area (TPSA) is 83.5 Å². The summed E-state index contributed by atoms with van der Waals surface area (Å²) in [5.41, 5.74) is 6.59. The van der Waals surface area contributed by atoms with Crippen molar-refractivity contribution in [3.8, 4) is 5.75 Å². The van der Waals surface area contributed by atoms with Gasteiger partial charge in [0, 0.05) is 6.04 Å². The molecule has 0 unspecified atom stereocenters. The summed E-state index contributed by atoms with van der Waals surface area (Å²) in [6.07, 6.45) is 2.88. The van der Waals surface area contributed by atoms with Crippen LogP contribution in [0.15, 0.2) is 18.2 Å². The first-order valence-electron chi connectivity index (χ1n) is 5.38. The zero-order chi connectivity index (χ0) is 12.1. The first-order chi connectivity index (χ1) is 7.56. The Kier molecular flexibility index (Phi) is 4.31. The maximum atomic E-state index is 10.8. The Bertz CT molecular complexity index is 377. The molecule has 0 saturated carbocycles. The molecular formula is C12H17NO3. The molecule has 0 bridgehead atoms. The molecule has 0 heterocycles. The fraction of sp³-hybridized carbons (Fsp3) is 0.417. The lowest BCUT2D eigenvalue weighted by Crippen LogP contribution is -2.11. The lowest BCUT2D eigenvalue weighted by molar-refractivity contribution is 0.0693. The van der Waals surface area contributed by atoms with Gasteiger partial charge in [0.1, 0.15) is 11.3 Å². The number of aromatic carboxylic acids is 1. The summed E-state index contributed by atoms with van der Waals surface area (Å²) >= 11 is 0. The van der Waals surface area contributed by atoms with Crippen LogP contribution in [0.25, 0.3) is 0 Å². The van der Waals surface area contributed by atoms with Gasteiger partial charge in [0.25, 0.3) is 0 Å². The Morgan fingerprint density at radius 3 is 2.75 bits per heavy atom. The van der Waals surface area contributed by atoms with Gasteiger partial charge in [0.15, 0.2) is 0 Å². The highest BCUT2D eigenvalue weighted by atomic mass is 16.4. The van der Waals surface area contributed by atoms with E-state index < -0.39 is 5.97 Å². The van der Waals surface area contributed by atoms with Crippen molar-refractivity contribution in [2.24, 2.45) is 5.73 Å². The SMILES string of the molecule is CCCC[C@H](N)c1ccc(O)c(C(=O)O)c1. The number of rotatable bonds is 5. The largest absolute Gasteiger partial charge is 0.507 e. The van der Waals surface area contributed by atoms with Gasteiger partial charge in [-0.1, -0.05) is 25.8 Å². The molecule has 1 aromatic rings. The molecule has 1 rings (SSSR count). The number of aromatic hydroxyl groups is 1. The predicted octanol–water partition coefficient (Wildman–Crippen LogP) is 2.28. The van der Waals surface area contributed by atoms with E-state index in [4.69, 9.17) is 10.8 Å². The Morgan fingerprint density at radius 1 is 1.50 bits per heavy atom. The molecule has 1 aromatic carbocycles. The quantitative estimate of drug-likeness (QED) is 0.715. The molecule has 0 aliphatic rings. The van der Waals surface area contributed by atoms with Gasteiger partial charge < -0.3 is 15.9 Å². The molecule has 0 fully saturated rings. The second kappa shape index (κ2) is 5.51. The number of carbonyl (C=O) groups is 1. The first kappa shape index (κ1) is 12.5. The third kappa shape index (κ3) is 2.97. The van der Waals surface area contributed by atoms with Crippen LogP contribution >= 0.6 is 0 Å². The molecule has 16 heavy (non-hydrogen) atoms. The van der Waals surface area contributed by atoms with Crippen molar-refractivity contribution in [1.82, 2.24) is 0 Å². The maximum absolute atomic E-state index is 10.8. The van der Waals surface area contributed by atoms with E-state index in [1.54, 1.807) is 6.07 Å². The molecule has 88 valence electrons. The summed E-state index contributed by atoms with van der Waals surface area (Å²) in [7, 11) is 0. The van der Waals surface area contributed by atoms with E-state index >= 15 is 0 Å². The summed E-state index contributed by atoms with van der Waals surface area (Å²) in [6, 6.07) is 4.32. The van der Waals surface area contributed by atoms with Crippen molar-refractivity contribution in [2.45, 2.75) is 32.2 Å². The summed E-state index contributed by atoms with van der Waals surface area (Å²) in [6.45, 7) is 2.08. The molecule has 4 nitrogen and oxygen atoms in total. The van der Waals surface area contributed by atoms with Crippen LogP contribution in [0.3, 0.4) is 0 Å². The Hall–Kier alpha value is -1.55. The van der Waals surface area contributed by atoms with Crippen LogP contribution < -0.4 is 5.73 Å². The molecule has 0 radical (unpaired) electrons. The third-order valence-electron chi connectivity index (χ3n) is 2.55. The van der Waals surface area contributed by atoms with Gasteiger partial charge in [0.05, 0.1) is 0 Å². The van der Waals surface area contributed by atoms with E-state index in [9.17, 15) is 9.90 Å². The second-order valence-corrected chi connectivity index (χ2v) is 3.83. The molecule has 0 aromatic heterocycles. The lowest BCUT2D eigenvalue weighted by Gasteiger charge is -2.12. The van der Waals surface area contributed by atoms with Gasteiger partial charge in [-0.15, -0.1) is 0 Å². The molecule has 0 spiro atoms. The zero-order valence-electron chi connectivity index (χ0n) is 9.31. The summed E-state index contributed by atoms with van der Waals surface area (Å²) < 4.78 is 0. The standard InChI is InChI=1S/C12H17NO3/c1-2-3-4-10(13)8-5-6-11(14)9(7-8)12(15)16/h5-7,10,14H,2-4,13H2,1H3,(H,15,16)/t10-/m0/s1. The van der Waals surface area contributed by atoms with Crippen molar-refractivity contribution >= 4 is 5.97 Å². The van der Waals surface area contributed by atoms with Crippen LogP contribution in [0.4, 0.5) is 0 Å². The molecular weight excluding hydrogens is 206 g/mol. The van der Waals surface area contributed by atoms with Crippen LogP contribution in [-0.4, -0.2) is 16.2 Å². The minimum atomic E-state index is -1.14. The average Bonchev–Trinajstić information content (AvgIpc) is 2.26. The van der Waals surface area contributed by atoms with Gasteiger partial charge in [-0.2, -0.15) is 0 Å². The number of hydrogen-bond acceptors (Lipinski definition) is 3. The Labute approximate surface area is 94.7 Å².